The largest absolute Gasteiger partial charge is 1.00 e. The van der Waals surface area contributed by atoms with E-state index in [4.69, 9.17) is 14.2 Å². The Hall–Kier alpha value is -2.66. The Morgan fingerprint density at radius 2 is 1.68 bits per heavy atom. The summed E-state index contributed by atoms with van der Waals surface area (Å²) in [5, 5.41) is 6.02. The van der Waals surface area contributed by atoms with E-state index in [9.17, 15) is 0 Å². The van der Waals surface area contributed by atoms with Crippen molar-refractivity contribution in [3.8, 4) is 28.5 Å². The van der Waals surface area contributed by atoms with Gasteiger partial charge in [-0.2, -0.15) is 4.57 Å². The van der Waals surface area contributed by atoms with Crippen LogP contribution in [0.3, 0.4) is 0 Å². The molecule has 0 bridgehead atoms. The fraction of sp³-hybridized carbons (Fsp3) is 0.400. The Morgan fingerprint density at radius 1 is 0.935 bits per heavy atom. The van der Waals surface area contributed by atoms with Gasteiger partial charge in [-0.25, -0.2) is 0 Å². The predicted molar refractivity (Wildman–Crippen MR) is 121 cm³/mol. The first kappa shape index (κ1) is 23.0. The number of aryl methyl sites for hydroxylation is 2. The molecule has 0 unspecified atom stereocenters. The molecule has 2 heterocycles. The number of aromatic nitrogens is 1. The maximum atomic E-state index is 5.66. The third-order valence-corrected chi connectivity index (χ3v) is 5.94. The number of rotatable bonds is 8. The van der Waals surface area contributed by atoms with Crippen LogP contribution in [-0.4, -0.2) is 27.9 Å². The lowest BCUT2D eigenvalue weighted by Crippen LogP contribution is -3.00. The number of pyridine rings is 1. The highest BCUT2D eigenvalue weighted by Gasteiger charge is 2.27. The molecule has 0 aliphatic carbocycles. The molecule has 0 saturated carbocycles. The Morgan fingerprint density at radius 3 is 2.39 bits per heavy atom. The molecule has 0 fully saturated rings. The zero-order valence-corrected chi connectivity index (χ0v) is 19.5. The number of anilines is 1. The monoisotopic (exact) mass is 442 g/mol. The minimum Gasteiger partial charge on any atom is -1.00 e. The van der Waals surface area contributed by atoms with Gasteiger partial charge in [-0.1, -0.05) is 25.8 Å². The van der Waals surface area contributed by atoms with Gasteiger partial charge in [-0.3, -0.25) is 0 Å². The average molecular weight is 443 g/mol. The number of benzene rings is 2. The summed E-state index contributed by atoms with van der Waals surface area (Å²) in [6, 6.07) is 10.7. The molecule has 6 heteroatoms. The fourth-order valence-electron chi connectivity index (χ4n) is 4.30. The van der Waals surface area contributed by atoms with Crippen molar-refractivity contribution >= 4 is 16.5 Å². The normalized spacial score (nSPS) is 11.9. The van der Waals surface area contributed by atoms with Gasteiger partial charge in [-0.05, 0) is 35.6 Å². The van der Waals surface area contributed by atoms with Crippen molar-refractivity contribution in [2.24, 2.45) is 0 Å². The van der Waals surface area contributed by atoms with Crippen LogP contribution in [-0.2, 0) is 13.0 Å². The van der Waals surface area contributed by atoms with E-state index in [0.29, 0.717) is 0 Å². The number of halogens is 1. The van der Waals surface area contributed by atoms with Gasteiger partial charge in [0.2, 0.25) is 5.69 Å². The Labute approximate surface area is 190 Å². The molecule has 0 atom stereocenters. The second-order valence-corrected chi connectivity index (χ2v) is 7.75. The van der Waals surface area contributed by atoms with Gasteiger partial charge in [0.15, 0.2) is 24.2 Å². The Balaban J connectivity index is 0.00000272. The molecule has 1 aliphatic heterocycles. The summed E-state index contributed by atoms with van der Waals surface area (Å²) in [5.74, 6) is 2.44. The topological polar surface area (TPSA) is 43.6 Å². The SMILES string of the molecule is CCCCCNc1c(OC)ccc2cc3[n+](cc12)CCc1cc(OC)c(OC)cc1-3.[Cl-]. The van der Waals surface area contributed by atoms with E-state index in [2.05, 4.69) is 53.3 Å². The highest BCUT2D eigenvalue weighted by Crippen LogP contribution is 2.39. The molecule has 5 nitrogen and oxygen atoms in total. The van der Waals surface area contributed by atoms with Gasteiger partial charge < -0.3 is 31.9 Å². The van der Waals surface area contributed by atoms with Crippen LogP contribution in [0.1, 0.15) is 31.7 Å². The summed E-state index contributed by atoms with van der Waals surface area (Å²) in [6.07, 6.45) is 6.82. The van der Waals surface area contributed by atoms with E-state index in [1.165, 1.54) is 40.4 Å². The second-order valence-electron chi connectivity index (χ2n) is 7.75. The first-order valence-corrected chi connectivity index (χ1v) is 10.7. The molecule has 31 heavy (non-hydrogen) atoms. The lowest BCUT2D eigenvalue weighted by molar-refractivity contribution is -0.686. The van der Waals surface area contributed by atoms with Crippen molar-refractivity contribution in [2.45, 2.75) is 39.2 Å². The third-order valence-electron chi connectivity index (χ3n) is 5.94. The third kappa shape index (κ3) is 4.38. The van der Waals surface area contributed by atoms with Crippen LogP contribution in [0.25, 0.3) is 22.0 Å². The highest BCUT2D eigenvalue weighted by atomic mass is 35.5. The second kappa shape index (κ2) is 10.1. The van der Waals surface area contributed by atoms with E-state index < -0.39 is 0 Å². The number of nitrogens with zero attached hydrogens (tertiary/aromatic N) is 1. The van der Waals surface area contributed by atoms with Gasteiger partial charge >= 0.3 is 0 Å². The minimum atomic E-state index is 0. The molecule has 166 valence electrons. The van der Waals surface area contributed by atoms with Crippen molar-refractivity contribution in [3.63, 3.8) is 0 Å². The van der Waals surface area contributed by atoms with Crippen LogP contribution < -0.4 is 36.5 Å². The number of ether oxygens (including phenoxy) is 3. The van der Waals surface area contributed by atoms with E-state index in [1.807, 2.05) is 0 Å². The van der Waals surface area contributed by atoms with Crippen LogP contribution in [0.5, 0.6) is 17.2 Å². The molecule has 0 amide bonds. The Bertz CT molecular complexity index is 1070. The first-order chi connectivity index (χ1) is 14.7. The fourth-order valence-corrected chi connectivity index (χ4v) is 4.30. The van der Waals surface area contributed by atoms with Crippen molar-refractivity contribution in [1.82, 2.24) is 0 Å². The summed E-state index contributed by atoms with van der Waals surface area (Å²) < 4.78 is 19.1. The summed E-state index contributed by atoms with van der Waals surface area (Å²) in [5.41, 5.74) is 4.78. The van der Waals surface area contributed by atoms with Crippen molar-refractivity contribution in [1.29, 1.82) is 0 Å². The lowest BCUT2D eigenvalue weighted by Gasteiger charge is -2.19. The molecular formula is C25H31ClN2O3. The van der Waals surface area contributed by atoms with Gasteiger partial charge in [-0.15, -0.1) is 0 Å². The van der Waals surface area contributed by atoms with Gasteiger partial charge in [0.25, 0.3) is 0 Å². The van der Waals surface area contributed by atoms with Gasteiger partial charge in [0, 0.05) is 19.0 Å². The maximum absolute atomic E-state index is 5.66. The van der Waals surface area contributed by atoms with Crippen LogP contribution >= 0.6 is 0 Å². The van der Waals surface area contributed by atoms with Gasteiger partial charge in [0.1, 0.15) is 5.75 Å². The molecule has 0 radical (unpaired) electrons. The van der Waals surface area contributed by atoms with E-state index in [1.54, 1.807) is 21.3 Å². The van der Waals surface area contributed by atoms with Crippen LogP contribution in [0.2, 0.25) is 0 Å². The zero-order chi connectivity index (χ0) is 21.1. The number of fused-ring (bicyclic) bond motifs is 4. The molecule has 4 rings (SSSR count). The molecule has 1 aliphatic rings. The quantitative estimate of drug-likeness (QED) is 0.428. The first-order valence-electron chi connectivity index (χ1n) is 10.7. The summed E-state index contributed by atoms with van der Waals surface area (Å²) >= 11 is 0. The Kier molecular flexibility index (Phi) is 7.50. The molecule has 0 saturated heterocycles. The lowest BCUT2D eigenvalue weighted by atomic mass is 9.95. The van der Waals surface area contributed by atoms with E-state index in [-0.39, 0.29) is 12.4 Å². The number of methoxy groups -OCH3 is 3. The number of hydrogen-bond acceptors (Lipinski definition) is 4. The van der Waals surface area contributed by atoms with E-state index >= 15 is 0 Å². The van der Waals surface area contributed by atoms with E-state index in [0.717, 1.165) is 48.9 Å². The summed E-state index contributed by atoms with van der Waals surface area (Å²) in [6.45, 7) is 4.11. The molecular weight excluding hydrogens is 412 g/mol. The van der Waals surface area contributed by atoms with Crippen LogP contribution in [0, 0.1) is 0 Å². The summed E-state index contributed by atoms with van der Waals surface area (Å²) in [4.78, 5) is 0. The van der Waals surface area contributed by atoms with Crippen molar-refractivity contribution in [2.75, 3.05) is 33.2 Å². The van der Waals surface area contributed by atoms with Crippen molar-refractivity contribution in [3.05, 3.63) is 42.1 Å². The van der Waals surface area contributed by atoms with Crippen LogP contribution in [0.4, 0.5) is 5.69 Å². The molecule has 1 N–H and O–H groups in total. The average Bonchev–Trinajstić information content (AvgIpc) is 2.79. The maximum Gasteiger partial charge on any atom is 0.213 e. The molecule has 2 aromatic carbocycles. The minimum absolute atomic E-state index is 0. The smallest absolute Gasteiger partial charge is 0.213 e. The highest BCUT2D eigenvalue weighted by molar-refractivity contribution is 5.97. The zero-order valence-electron chi connectivity index (χ0n) is 18.8. The molecule has 3 aromatic rings. The number of hydrogen-bond donors (Lipinski definition) is 1. The number of unbranched alkanes of at least 4 members (excludes halogenated alkanes) is 2. The number of nitrogens with one attached hydrogen (secondary N) is 1. The van der Waals surface area contributed by atoms with Gasteiger partial charge in [0.05, 0.1) is 38.0 Å². The standard InChI is InChI=1S/C25H30N2O3.ClH/c1-5-6-7-11-26-25-20-16-27-12-10-18-14-23(29-3)24(30-4)15-19(18)21(27)13-17(20)8-9-22(25)28-2;/h8-9,13-16H,5-7,10-12H2,1-4H3;1H. The van der Waals surface area contributed by atoms with Crippen LogP contribution in [0.15, 0.2) is 36.5 Å². The summed E-state index contributed by atoms with van der Waals surface area (Å²) in [7, 11) is 5.11. The molecule has 0 spiro atoms. The molecule has 1 aromatic heterocycles. The van der Waals surface area contributed by atoms with Crippen molar-refractivity contribution < 1.29 is 31.2 Å². The predicted octanol–water partition coefficient (Wildman–Crippen LogP) is 1.98.